The highest BCUT2D eigenvalue weighted by atomic mass is 79.9. The molecular weight excluding hydrogens is 353 g/mol. The SMILES string of the molecule is COC(=O)CCCCC(=O)c1ccc(Br)c(C(F)(F)F)c1. The summed E-state index contributed by atoms with van der Waals surface area (Å²) in [7, 11) is 1.27. The second kappa shape index (κ2) is 7.59. The van der Waals surface area contributed by atoms with Gasteiger partial charge >= 0.3 is 12.1 Å². The smallest absolute Gasteiger partial charge is 0.417 e. The van der Waals surface area contributed by atoms with Crippen LogP contribution in [0.25, 0.3) is 0 Å². The number of ketones is 1. The lowest BCUT2D eigenvalue weighted by atomic mass is 10.0. The lowest BCUT2D eigenvalue weighted by Gasteiger charge is -2.10. The lowest BCUT2D eigenvalue weighted by molar-refractivity contribution is -0.141. The molecular formula is C14H14BrF3O3. The summed E-state index contributed by atoms with van der Waals surface area (Å²) in [4.78, 5) is 22.7. The topological polar surface area (TPSA) is 43.4 Å². The molecule has 0 radical (unpaired) electrons. The van der Waals surface area contributed by atoms with Crippen LogP contribution >= 0.6 is 15.9 Å². The molecule has 0 heterocycles. The van der Waals surface area contributed by atoms with E-state index < -0.39 is 11.7 Å². The highest BCUT2D eigenvalue weighted by Gasteiger charge is 2.33. The van der Waals surface area contributed by atoms with Crippen LogP contribution in [0.4, 0.5) is 13.2 Å². The molecule has 1 aromatic rings. The Labute approximate surface area is 128 Å². The number of hydrogen-bond donors (Lipinski definition) is 0. The monoisotopic (exact) mass is 366 g/mol. The molecule has 0 unspecified atom stereocenters. The summed E-state index contributed by atoms with van der Waals surface area (Å²) in [6, 6.07) is 3.40. The number of unbranched alkanes of at least 4 members (excludes halogenated alkanes) is 1. The van der Waals surface area contributed by atoms with E-state index in [-0.39, 0.29) is 34.6 Å². The Morgan fingerprint density at radius 3 is 2.38 bits per heavy atom. The van der Waals surface area contributed by atoms with Crippen molar-refractivity contribution >= 4 is 27.7 Å². The number of Topliss-reactive ketones (excluding diaryl/α,β-unsaturated/α-hetero) is 1. The summed E-state index contributed by atoms with van der Waals surface area (Å²) in [5.74, 6) is -0.747. The van der Waals surface area contributed by atoms with E-state index in [1.54, 1.807) is 0 Å². The maximum Gasteiger partial charge on any atom is 0.417 e. The molecule has 0 aliphatic rings. The number of carbonyl (C=O) groups excluding carboxylic acids is 2. The number of halogens is 4. The summed E-state index contributed by atoms with van der Waals surface area (Å²) in [5.41, 5.74) is -0.855. The number of methoxy groups -OCH3 is 1. The third-order valence-corrected chi connectivity index (χ3v) is 3.55. The quantitative estimate of drug-likeness (QED) is 0.426. The van der Waals surface area contributed by atoms with Crippen LogP contribution in [-0.4, -0.2) is 18.9 Å². The van der Waals surface area contributed by atoms with E-state index >= 15 is 0 Å². The average Bonchev–Trinajstić information content (AvgIpc) is 2.42. The van der Waals surface area contributed by atoms with Gasteiger partial charge in [0, 0.05) is 22.9 Å². The molecule has 0 aromatic heterocycles. The fourth-order valence-corrected chi connectivity index (χ4v) is 2.19. The van der Waals surface area contributed by atoms with E-state index in [4.69, 9.17) is 0 Å². The molecule has 1 rings (SSSR count). The van der Waals surface area contributed by atoms with Gasteiger partial charge in [0.05, 0.1) is 12.7 Å². The maximum absolute atomic E-state index is 12.7. The molecule has 7 heteroatoms. The van der Waals surface area contributed by atoms with Gasteiger partial charge in [-0.15, -0.1) is 0 Å². The zero-order chi connectivity index (χ0) is 16.0. The van der Waals surface area contributed by atoms with Gasteiger partial charge in [-0.1, -0.05) is 22.0 Å². The van der Waals surface area contributed by atoms with Gasteiger partial charge in [0.15, 0.2) is 5.78 Å². The minimum atomic E-state index is -4.51. The maximum atomic E-state index is 12.7. The molecule has 0 saturated carbocycles. The minimum absolute atomic E-state index is 0.0172. The third kappa shape index (κ3) is 5.49. The fraction of sp³-hybridized carbons (Fsp3) is 0.429. The molecule has 3 nitrogen and oxygen atoms in total. The van der Waals surface area contributed by atoms with Crippen LogP contribution in [-0.2, 0) is 15.7 Å². The molecule has 0 aliphatic carbocycles. The Balaban J connectivity index is 2.65. The molecule has 0 amide bonds. The molecule has 0 aliphatic heterocycles. The number of alkyl halides is 3. The Hall–Kier alpha value is -1.37. The van der Waals surface area contributed by atoms with Crippen LogP contribution in [0.5, 0.6) is 0 Å². The molecule has 21 heavy (non-hydrogen) atoms. The molecule has 1 aromatic carbocycles. The van der Waals surface area contributed by atoms with E-state index in [0.717, 1.165) is 6.07 Å². The van der Waals surface area contributed by atoms with Crippen LogP contribution in [0.15, 0.2) is 22.7 Å². The van der Waals surface area contributed by atoms with Crippen LogP contribution in [0.1, 0.15) is 41.6 Å². The van der Waals surface area contributed by atoms with Gasteiger partial charge in [-0.25, -0.2) is 0 Å². The summed E-state index contributed by atoms with van der Waals surface area (Å²) in [6.45, 7) is 0. The van der Waals surface area contributed by atoms with Crippen LogP contribution in [0.2, 0.25) is 0 Å². The first kappa shape index (κ1) is 17.7. The van der Waals surface area contributed by atoms with Crippen LogP contribution in [0.3, 0.4) is 0 Å². The van der Waals surface area contributed by atoms with Crippen molar-refractivity contribution in [3.05, 3.63) is 33.8 Å². The molecule has 0 atom stereocenters. The fourth-order valence-electron chi connectivity index (χ4n) is 1.72. The summed E-state index contributed by atoms with van der Waals surface area (Å²) >= 11 is 2.82. The highest BCUT2D eigenvalue weighted by Crippen LogP contribution is 2.35. The Morgan fingerprint density at radius 2 is 1.81 bits per heavy atom. The summed E-state index contributed by atoms with van der Waals surface area (Å²) in [5, 5.41) is 0. The molecule has 0 fully saturated rings. The van der Waals surface area contributed by atoms with Gasteiger partial charge in [0.1, 0.15) is 0 Å². The van der Waals surface area contributed by atoms with Crippen molar-refractivity contribution in [2.75, 3.05) is 7.11 Å². The van der Waals surface area contributed by atoms with Crippen molar-refractivity contribution in [2.45, 2.75) is 31.9 Å². The van der Waals surface area contributed by atoms with Crippen molar-refractivity contribution in [3.63, 3.8) is 0 Å². The first-order valence-corrected chi connectivity index (χ1v) is 7.01. The van der Waals surface area contributed by atoms with E-state index in [0.29, 0.717) is 12.8 Å². The van der Waals surface area contributed by atoms with E-state index in [1.807, 2.05) is 0 Å². The van der Waals surface area contributed by atoms with Gasteiger partial charge in [0.25, 0.3) is 0 Å². The van der Waals surface area contributed by atoms with Gasteiger partial charge in [0.2, 0.25) is 0 Å². The first-order valence-electron chi connectivity index (χ1n) is 6.22. The van der Waals surface area contributed by atoms with Gasteiger partial charge in [-0.3, -0.25) is 9.59 Å². The third-order valence-electron chi connectivity index (χ3n) is 2.86. The number of carbonyl (C=O) groups is 2. The van der Waals surface area contributed by atoms with E-state index in [9.17, 15) is 22.8 Å². The van der Waals surface area contributed by atoms with Gasteiger partial charge in [-0.2, -0.15) is 13.2 Å². The van der Waals surface area contributed by atoms with Gasteiger partial charge in [-0.05, 0) is 25.0 Å². The Bertz CT molecular complexity index is 527. The van der Waals surface area contributed by atoms with Crippen molar-refractivity contribution in [1.29, 1.82) is 0 Å². The predicted octanol–water partition coefficient (Wildman–Crippen LogP) is 4.38. The van der Waals surface area contributed by atoms with Crippen molar-refractivity contribution < 1.29 is 27.5 Å². The molecule has 0 bridgehead atoms. The normalized spacial score (nSPS) is 11.3. The largest absolute Gasteiger partial charge is 0.469 e. The van der Waals surface area contributed by atoms with Crippen LogP contribution < -0.4 is 0 Å². The lowest BCUT2D eigenvalue weighted by Crippen LogP contribution is -2.09. The van der Waals surface area contributed by atoms with Crippen molar-refractivity contribution in [1.82, 2.24) is 0 Å². The number of benzene rings is 1. The van der Waals surface area contributed by atoms with Gasteiger partial charge < -0.3 is 4.74 Å². The zero-order valence-corrected chi connectivity index (χ0v) is 12.9. The van der Waals surface area contributed by atoms with Crippen molar-refractivity contribution in [3.8, 4) is 0 Å². The van der Waals surface area contributed by atoms with Crippen LogP contribution in [0, 0.1) is 0 Å². The Kier molecular flexibility index (Phi) is 6.39. The number of esters is 1. The minimum Gasteiger partial charge on any atom is -0.469 e. The molecule has 0 N–H and O–H groups in total. The second-order valence-electron chi connectivity index (χ2n) is 4.40. The Morgan fingerprint density at radius 1 is 1.19 bits per heavy atom. The molecule has 0 saturated heterocycles. The number of ether oxygens (including phenoxy) is 1. The molecule has 116 valence electrons. The second-order valence-corrected chi connectivity index (χ2v) is 5.25. The summed E-state index contributed by atoms with van der Waals surface area (Å²) < 4.78 is 42.6. The highest BCUT2D eigenvalue weighted by molar-refractivity contribution is 9.10. The van der Waals surface area contributed by atoms with E-state index in [2.05, 4.69) is 20.7 Å². The standard InChI is InChI=1S/C14H14BrF3O3/c1-21-13(20)5-3-2-4-12(19)9-6-7-11(15)10(8-9)14(16,17)18/h6-8H,2-5H2,1H3. The molecule has 0 spiro atoms. The van der Waals surface area contributed by atoms with E-state index in [1.165, 1.54) is 19.2 Å². The zero-order valence-electron chi connectivity index (χ0n) is 11.3. The number of hydrogen-bond acceptors (Lipinski definition) is 3. The summed E-state index contributed by atoms with van der Waals surface area (Å²) in [6.07, 6.45) is -3.35. The average molecular weight is 367 g/mol. The number of rotatable bonds is 6. The van der Waals surface area contributed by atoms with Crippen molar-refractivity contribution in [2.24, 2.45) is 0 Å². The predicted molar refractivity (Wildman–Crippen MR) is 74.0 cm³/mol. The first-order chi connectivity index (χ1) is 9.75.